The van der Waals surface area contributed by atoms with Gasteiger partial charge in [-0.3, -0.25) is 0 Å². The molecule has 0 radical (unpaired) electrons. The molecule has 1 saturated carbocycles. The fourth-order valence-corrected chi connectivity index (χ4v) is 2.47. The summed E-state index contributed by atoms with van der Waals surface area (Å²) in [5.41, 5.74) is -0.466. The minimum atomic E-state index is -4.42. The van der Waals surface area contributed by atoms with Crippen molar-refractivity contribution in [1.29, 1.82) is 0 Å². The van der Waals surface area contributed by atoms with Gasteiger partial charge in [-0.1, -0.05) is 25.8 Å². The minimum Gasteiger partial charge on any atom is -0.466 e. The van der Waals surface area contributed by atoms with E-state index < -0.39 is 29.6 Å². The summed E-state index contributed by atoms with van der Waals surface area (Å²) in [5.74, 6) is -3.25. The molecule has 2 nitrogen and oxygen atoms in total. The first kappa shape index (κ1) is 14.1. The van der Waals surface area contributed by atoms with Crippen molar-refractivity contribution in [2.45, 2.75) is 38.3 Å². The van der Waals surface area contributed by atoms with E-state index in [1.54, 1.807) is 0 Å². The molecule has 0 aromatic carbocycles. The van der Waals surface area contributed by atoms with E-state index in [9.17, 15) is 18.0 Å². The van der Waals surface area contributed by atoms with Gasteiger partial charge < -0.3 is 4.74 Å². The topological polar surface area (TPSA) is 26.3 Å². The highest BCUT2D eigenvalue weighted by Crippen LogP contribution is 2.43. The number of ether oxygens (including phenoxy) is 1. The SMILES string of the molecule is C=C(C(=O)OC)C(C1CCCCC1)C(F)(F)F. The lowest BCUT2D eigenvalue weighted by Gasteiger charge is -2.32. The van der Waals surface area contributed by atoms with Gasteiger partial charge in [-0.05, 0) is 18.8 Å². The first-order chi connectivity index (χ1) is 7.88. The minimum absolute atomic E-state index is 0.466. The van der Waals surface area contributed by atoms with Crippen LogP contribution < -0.4 is 0 Å². The Labute approximate surface area is 98.8 Å². The number of carbonyl (C=O) groups is 1. The summed E-state index contributed by atoms with van der Waals surface area (Å²) in [6, 6.07) is 0. The molecule has 1 rings (SSSR count). The Morgan fingerprint density at radius 2 is 1.82 bits per heavy atom. The van der Waals surface area contributed by atoms with Gasteiger partial charge in [-0.15, -0.1) is 0 Å². The Kier molecular flexibility index (Phi) is 4.60. The number of hydrogen-bond acceptors (Lipinski definition) is 2. The summed E-state index contributed by atoms with van der Waals surface area (Å²) >= 11 is 0. The van der Waals surface area contributed by atoms with Crippen LogP contribution in [-0.4, -0.2) is 19.3 Å². The summed E-state index contributed by atoms with van der Waals surface area (Å²) in [4.78, 5) is 11.2. The highest BCUT2D eigenvalue weighted by molar-refractivity contribution is 5.88. The first-order valence-corrected chi connectivity index (χ1v) is 5.71. The zero-order valence-electron chi connectivity index (χ0n) is 9.85. The maximum Gasteiger partial charge on any atom is 0.396 e. The Morgan fingerprint density at radius 1 is 1.29 bits per heavy atom. The molecule has 0 spiro atoms. The molecule has 0 amide bonds. The van der Waals surface area contributed by atoms with Crippen molar-refractivity contribution in [2.24, 2.45) is 11.8 Å². The lowest BCUT2D eigenvalue weighted by molar-refractivity contribution is -0.184. The molecular formula is C12H17F3O2. The molecule has 0 N–H and O–H groups in total. The molecule has 0 aromatic rings. The summed E-state index contributed by atoms with van der Waals surface area (Å²) < 4.78 is 43.3. The lowest BCUT2D eigenvalue weighted by atomic mass is 9.76. The van der Waals surface area contributed by atoms with E-state index >= 15 is 0 Å². The van der Waals surface area contributed by atoms with Crippen molar-refractivity contribution < 1.29 is 22.7 Å². The molecule has 0 saturated heterocycles. The third-order valence-electron chi connectivity index (χ3n) is 3.30. The second-order valence-corrected chi connectivity index (χ2v) is 4.43. The normalized spacial score (nSPS) is 19.8. The average molecular weight is 250 g/mol. The average Bonchev–Trinajstić information content (AvgIpc) is 2.27. The van der Waals surface area contributed by atoms with Crippen LogP contribution >= 0.6 is 0 Å². The van der Waals surface area contributed by atoms with Crippen molar-refractivity contribution in [2.75, 3.05) is 7.11 Å². The van der Waals surface area contributed by atoms with Crippen molar-refractivity contribution in [3.8, 4) is 0 Å². The molecule has 1 fully saturated rings. The number of methoxy groups -OCH3 is 1. The maximum absolute atomic E-state index is 13.0. The van der Waals surface area contributed by atoms with Gasteiger partial charge in [-0.25, -0.2) is 4.79 Å². The van der Waals surface area contributed by atoms with Crippen LogP contribution in [-0.2, 0) is 9.53 Å². The third kappa shape index (κ3) is 3.48. The van der Waals surface area contributed by atoms with E-state index in [-0.39, 0.29) is 0 Å². The second-order valence-electron chi connectivity index (χ2n) is 4.43. The van der Waals surface area contributed by atoms with Crippen LogP contribution in [0.15, 0.2) is 12.2 Å². The molecule has 0 bridgehead atoms. The number of rotatable bonds is 3. The Hall–Kier alpha value is -1.00. The van der Waals surface area contributed by atoms with Gasteiger partial charge in [0, 0.05) is 5.57 Å². The van der Waals surface area contributed by atoms with E-state index in [4.69, 9.17) is 0 Å². The molecule has 1 unspecified atom stereocenters. The van der Waals surface area contributed by atoms with Crippen LogP contribution in [0, 0.1) is 11.8 Å². The molecule has 1 aliphatic rings. The van der Waals surface area contributed by atoms with Crippen LogP contribution in [0.5, 0.6) is 0 Å². The molecule has 0 heterocycles. The predicted molar refractivity (Wildman–Crippen MR) is 57.3 cm³/mol. The summed E-state index contributed by atoms with van der Waals surface area (Å²) in [6.45, 7) is 3.27. The Balaban J connectivity index is 2.87. The first-order valence-electron chi connectivity index (χ1n) is 5.71. The number of halogens is 3. The molecule has 5 heteroatoms. The van der Waals surface area contributed by atoms with Gasteiger partial charge in [0.15, 0.2) is 0 Å². The van der Waals surface area contributed by atoms with Gasteiger partial charge in [0.1, 0.15) is 0 Å². The van der Waals surface area contributed by atoms with Crippen LogP contribution in [0.3, 0.4) is 0 Å². The number of carbonyl (C=O) groups excluding carboxylic acids is 1. The highest BCUT2D eigenvalue weighted by atomic mass is 19.4. The van der Waals surface area contributed by atoms with Crippen LogP contribution in [0.1, 0.15) is 32.1 Å². The van der Waals surface area contributed by atoms with E-state index in [1.807, 2.05) is 0 Å². The summed E-state index contributed by atoms with van der Waals surface area (Å²) in [5, 5.41) is 0. The van der Waals surface area contributed by atoms with Crippen LogP contribution in [0.2, 0.25) is 0 Å². The number of alkyl halides is 3. The van der Waals surface area contributed by atoms with Crippen molar-refractivity contribution >= 4 is 5.97 Å². The van der Waals surface area contributed by atoms with Gasteiger partial charge in [0.2, 0.25) is 0 Å². The fourth-order valence-electron chi connectivity index (χ4n) is 2.47. The van der Waals surface area contributed by atoms with Crippen LogP contribution in [0.25, 0.3) is 0 Å². The highest BCUT2D eigenvalue weighted by Gasteiger charge is 2.48. The zero-order chi connectivity index (χ0) is 13.1. The van der Waals surface area contributed by atoms with Crippen molar-refractivity contribution in [1.82, 2.24) is 0 Å². The quantitative estimate of drug-likeness (QED) is 0.566. The Morgan fingerprint density at radius 3 is 2.24 bits per heavy atom. The molecule has 1 aliphatic carbocycles. The lowest BCUT2D eigenvalue weighted by Crippen LogP contribution is -2.35. The smallest absolute Gasteiger partial charge is 0.396 e. The largest absolute Gasteiger partial charge is 0.466 e. The van der Waals surface area contributed by atoms with E-state index in [0.717, 1.165) is 26.4 Å². The predicted octanol–water partition coefficient (Wildman–Crippen LogP) is 3.47. The van der Waals surface area contributed by atoms with Gasteiger partial charge in [-0.2, -0.15) is 13.2 Å². The van der Waals surface area contributed by atoms with Gasteiger partial charge >= 0.3 is 12.1 Å². The van der Waals surface area contributed by atoms with Crippen molar-refractivity contribution in [3.05, 3.63) is 12.2 Å². The third-order valence-corrected chi connectivity index (χ3v) is 3.30. The Bertz CT molecular complexity index is 291. The summed E-state index contributed by atoms with van der Waals surface area (Å²) in [6.07, 6.45) is -0.892. The number of hydrogen-bond donors (Lipinski definition) is 0. The molecule has 0 aromatic heterocycles. The monoisotopic (exact) mass is 250 g/mol. The zero-order valence-corrected chi connectivity index (χ0v) is 9.85. The molecule has 17 heavy (non-hydrogen) atoms. The molecule has 98 valence electrons. The maximum atomic E-state index is 13.0. The van der Waals surface area contributed by atoms with E-state index in [1.165, 1.54) is 0 Å². The standard InChI is InChI=1S/C12H17F3O2/c1-8(11(16)17-2)10(12(13,14)15)9-6-4-3-5-7-9/h9-10H,1,3-7H2,2H3. The second kappa shape index (κ2) is 5.56. The van der Waals surface area contributed by atoms with Gasteiger partial charge in [0.05, 0.1) is 13.0 Å². The fraction of sp³-hybridized carbons (Fsp3) is 0.750. The van der Waals surface area contributed by atoms with Crippen LogP contribution in [0.4, 0.5) is 13.2 Å². The van der Waals surface area contributed by atoms with E-state index in [0.29, 0.717) is 12.8 Å². The number of esters is 1. The van der Waals surface area contributed by atoms with Gasteiger partial charge in [0.25, 0.3) is 0 Å². The van der Waals surface area contributed by atoms with Crippen molar-refractivity contribution in [3.63, 3.8) is 0 Å². The van der Waals surface area contributed by atoms with E-state index in [2.05, 4.69) is 11.3 Å². The molecule has 0 aliphatic heterocycles. The molecular weight excluding hydrogens is 233 g/mol. The summed E-state index contributed by atoms with van der Waals surface area (Å²) in [7, 11) is 1.07. The molecule has 1 atom stereocenters.